The summed E-state index contributed by atoms with van der Waals surface area (Å²) in [5.74, 6) is 0. The van der Waals surface area contributed by atoms with Crippen molar-refractivity contribution in [2.24, 2.45) is 0 Å². The van der Waals surface area contributed by atoms with Gasteiger partial charge in [0, 0.05) is 5.56 Å². The van der Waals surface area contributed by atoms with Crippen LogP contribution in [0.2, 0.25) is 0 Å². The third-order valence-electron chi connectivity index (χ3n) is 2.90. The van der Waals surface area contributed by atoms with Crippen molar-refractivity contribution < 1.29 is 8.42 Å². The lowest BCUT2D eigenvalue weighted by Gasteiger charge is -2.07. The van der Waals surface area contributed by atoms with Crippen molar-refractivity contribution in [1.29, 1.82) is 0 Å². The fourth-order valence-corrected chi connectivity index (χ4v) is 4.93. The van der Waals surface area contributed by atoms with Crippen LogP contribution in [0.3, 0.4) is 0 Å². The van der Waals surface area contributed by atoms with Gasteiger partial charge in [-0.3, -0.25) is 9.71 Å². The van der Waals surface area contributed by atoms with E-state index < -0.39 is 10.0 Å². The molecule has 0 aliphatic heterocycles. The maximum absolute atomic E-state index is 12.2. The maximum atomic E-state index is 12.2. The molecule has 0 spiro atoms. The van der Waals surface area contributed by atoms with Crippen LogP contribution in [0.4, 0.5) is 5.69 Å². The summed E-state index contributed by atoms with van der Waals surface area (Å²) in [5.41, 5.74) is 2.21. The Hall–Kier alpha value is -1.70. The largest absolute Gasteiger partial charge is 0.277 e. The molecule has 4 nitrogen and oxygen atoms in total. The number of nitrogens with zero attached hydrogens (tertiary/aromatic N) is 1. The SMILES string of the molecule is O=S(=O)(Nc1ccc(-c2ccccc2)nc1)c1ccc(Br)s1. The van der Waals surface area contributed by atoms with Crippen molar-refractivity contribution in [3.63, 3.8) is 0 Å². The molecule has 0 amide bonds. The van der Waals surface area contributed by atoms with Crippen molar-refractivity contribution >= 4 is 43.0 Å². The van der Waals surface area contributed by atoms with Crippen molar-refractivity contribution in [1.82, 2.24) is 4.98 Å². The molecule has 0 aliphatic rings. The summed E-state index contributed by atoms with van der Waals surface area (Å²) in [6.45, 7) is 0. The van der Waals surface area contributed by atoms with Gasteiger partial charge in [0.15, 0.2) is 0 Å². The number of sulfonamides is 1. The van der Waals surface area contributed by atoms with Gasteiger partial charge < -0.3 is 0 Å². The molecule has 0 bridgehead atoms. The van der Waals surface area contributed by atoms with Gasteiger partial charge in [-0.15, -0.1) is 11.3 Å². The van der Waals surface area contributed by atoms with Gasteiger partial charge in [-0.2, -0.15) is 0 Å². The van der Waals surface area contributed by atoms with E-state index in [4.69, 9.17) is 0 Å². The van der Waals surface area contributed by atoms with E-state index in [0.717, 1.165) is 26.4 Å². The van der Waals surface area contributed by atoms with Gasteiger partial charge in [0.05, 0.1) is 21.4 Å². The molecular formula is C15H11BrN2O2S2. The first kappa shape index (κ1) is 15.2. The highest BCUT2D eigenvalue weighted by Crippen LogP contribution is 2.27. The Bertz CT molecular complexity index is 875. The van der Waals surface area contributed by atoms with Gasteiger partial charge in [-0.05, 0) is 40.2 Å². The Kier molecular flexibility index (Phi) is 4.28. The third kappa shape index (κ3) is 3.37. The Morgan fingerprint density at radius 2 is 1.77 bits per heavy atom. The molecule has 0 fully saturated rings. The van der Waals surface area contributed by atoms with E-state index in [9.17, 15) is 8.42 Å². The van der Waals surface area contributed by atoms with Crippen LogP contribution in [0.25, 0.3) is 11.3 Å². The number of thiophene rings is 1. The number of hydrogen-bond donors (Lipinski definition) is 1. The molecular weight excluding hydrogens is 384 g/mol. The summed E-state index contributed by atoms with van der Waals surface area (Å²) in [5, 5.41) is 0. The summed E-state index contributed by atoms with van der Waals surface area (Å²) >= 11 is 4.42. The van der Waals surface area contributed by atoms with E-state index in [1.54, 1.807) is 24.3 Å². The summed E-state index contributed by atoms with van der Waals surface area (Å²) in [4.78, 5) is 4.30. The zero-order valence-electron chi connectivity index (χ0n) is 11.2. The molecule has 2 heterocycles. The Labute approximate surface area is 141 Å². The average molecular weight is 395 g/mol. The van der Waals surface area contributed by atoms with Gasteiger partial charge in [-0.1, -0.05) is 30.3 Å². The molecule has 1 N–H and O–H groups in total. The van der Waals surface area contributed by atoms with E-state index in [1.165, 1.54) is 6.20 Å². The van der Waals surface area contributed by atoms with Crippen LogP contribution >= 0.6 is 27.3 Å². The van der Waals surface area contributed by atoms with Crippen molar-refractivity contribution in [3.05, 3.63) is 64.6 Å². The van der Waals surface area contributed by atoms with Crippen LogP contribution in [0.5, 0.6) is 0 Å². The molecule has 1 aromatic carbocycles. The van der Waals surface area contributed by atoms with Gasteiger partial charge in [0.25, 0.3) is 10.0 Å². The lowest BCUT2D eigenvalue weighted by atomic mass is 10.1. The highest BCUT2D eigenvalue weighted by molar-refractivity contribution is 9.11. The van der Waals surface area contributed by atoms with E-state index in [-0.39, 0.29) is 4.21 Å². The highest BCUT2D eigenvalue weighted by atomic mass is 79.9. The number of halogens is 1. The zero-order valence-corrected chi connectivity index (χ0v) is 14.5. The highest BCUT2D eigenvalue weighted by Gasteiger charge is 2.16. The quantitative estimate of drug-likeness (QED) is 0.714. The predicted molar refractivity (Wildman–Crippen MR) is 92.5 cm³/mol. The zero-order chi connectivity index (χ0) is 15.6. The molecule has 2 aromatic heterocycles. The second-order valence-electron chi connectivity index (χ2n) is 4.46. The van der Waals surface area contributed by atoms with Crippen molar-refractivity contribution in [2.75, 3.05) is 4.72 Å². The standard InChI is InChI=1S/C15H11BrN2O2S2/c16-14-8-9-15(21-14)22(19,20)18-12-6-7-13(17-10-12)11-4-2-1-3-5-11/h1-10,18H. The molecule has 0 unspecified atom stereocenters. The van der Waals surface area contributed by atoms with Crippen molar-refractivity contribution in [2.45, 2.75) is 4.21 Å². The summed E-state index contributed by atoms with van der Waals surface area (Å²) in [7, 11) is -3.57. The molecule has 0 aliphatic carbocycles. The Morgan fingerprint density at radius 1 is 1.00 bits per heavy atom. The maximum Gasteiger partial charge on any atom is 0.271 e. The van der Waals surface area contributed by atoms with E-state index in [2.05, 4.69) is 25.6 Å². The van der Waals surface area contributed by atoms with Crippen LogP contribution < -0.4 is 4.72 Å². The normalized spacial score (nSPS) is 11.3. The molecule has 3 aromatic rings. The molecule has 0 atom stereocenters. The van der Waals surface area contributed by atoms with Gasteiger partial charge in [-0.25, -0.2) is 8.42 Å². The fraction of sp³-hybridized carbons (Fsp3) is 0. The van der Waals surface area contributed by atoms with E-state index >= 15 is 0 Å². The van der Waals surface area contributed by atoms with Crippen LogP contribution in [0, 0.1) is 0 Å². The third-order valence-corrected chi connectivity index (χ3v) is 6.40. The van der Waals surface area contributed by atoms with Crippen molar-refractivity contribution in [3.8, 4) is 11.3 Å². The molecule has 3 rings (SSSR count). The number of aromatic nitrogens is 1. The first-order valence-electron chi connectivity index (χ1n) is 6.34. The predicted octanol–water partition coefficient (Wildman–Crippen LogP) is 4.37. The van der Waals surface area contributed by atoms with Crippen LogP contribution in [-0.4, -0.2) is 13.4 Å². The second kappa shape index (κ2) is 6.20. The second-order valence-corrected chi connectivity index (χ2v) is 8.83. The Balaban J connectivity index is 1.82. The first-order chi connectivity index (χ1) is 10.5. The van der Waals surface area contributed by atoms with Crippen LogP contribution in [0.15, 0.2) is 68.8 Å². The number of benzene rings is 1. The molecule has 0 saturated heterocycles. The number of nitrogens with one attached hydrogen (secondary N) is 1. The number of hydrogen-bond acceptors (Lipinski definition) is 4. The Morgan fingerprint density at radius 3 is 2.36 bits per heavy atom. The first-order valence-corrected chi connectivity index (χ1v) is 9.43. The lowest BCUT2D eigenvalue weighted by molar-refractivity contribution is 0.603. The van der Waals surface area contributed by atoms with E-state index in [1.807, 2.05) is 30.3 Å². The topological polar surface area (TPSA) is 59.1 Å². The molecule has 112 valence electrons. The molecule has 0 saturated carbocycles. The summed E-state index contributed by atoms with van der Waals surface area (Å²) < 4.78 is 28.0. The smallest absolute Gasteiger partial charge is 0.271 e. The minimum absolute atomic E-state index is 0.256. The summed E-state index contributed by atoms with van der Waals surface area (Å²) in [6, 6.07) is 16.5. The summed E-state index contributed by atoms with van der Waals surface area (Å²) in [6.07, 6.45) is 1.52. The number of pyridine rings is 1. The molecule has 22 heavy (non-hydrogen) atoms. The van der Waals surface area contributed by atoms with Gasteiger partial charge in [0.2, 0.25) is 0 Å². The van der Waals surface area contributed by atoms with Crippen LogP contribution in [-0.2, 0) is 10.0 Å². The molecule has 0 radical (unpaired) electrons. The minimum Gasteiger partial charge on any atom is -0.277 e. The monoisotopic (exact) mass is 394 g/mol. The lowest BCUT2D eigenvalue weighted by Crippen LogP contribution is -2.11. The number of rotatable bonds is 4. The minimum atomic E-state index is -3.57. The van der Waals surface area contributed by atoms with E-state index in [0.29, 0.717) is 5.69 Å². The fourth-order valence-electron chi connectivity index (χ4n) is 1.88. The van der Waals surface area contributed by atoms with Gasteiger partial charge in [0.1, 0.15) is 4.21 Å². The molecule has 7 heteroatoms. The van der Waals surface area contributed by atoms with Gasteiger partial charge >= 0.3 is 0 Å². The number of anilines is 1. The average Bonchev–Trinajstić information content (AvgIpc) is 2.96. The van der Waals surface area contributed by atoms with Crippen LogP contribution in [0.1, 0.15) is 0 Å².